The summed E-state index contributed by atoms with van der Waals surface area (Å²) in [6, 6.07) is 7.98. The van der Waals surface area contributed by atoms with Gasteiger partial charge in [-0.2, -0.15) is 0 Å². The van der Waals surface area contributed by atoms with E-state index in [1.807, 2.05) is 17.0 Å². The number of aromatic nitrogens is 1. The molecule has 0 aliphatic carbocycles. The third kappa shape index (κ3) is 4.26. The molecule has 1 amide bonds. The molecular weight excluding hydrogens is 322 g/mol. The Hall–Kier alpha value is -2.08. The Morgan fingerprint density at radius 2 is 2.12 bits per heavy atom. The first-order valence-corrected chi connectivity index (χ1v) is 9.19. The molecule has 24 heavy (non-hydrogen) atoms. The Kier molecular flexibility index (Phi) is 5.69. The average molecular weight is 345 g/mol. The number of aryl methyl sites for hydroxylation is 1. The highest BCUT2D eigenvalue weighted by molar-refractivity contribution is 7.09. The van der Waals surface area contributed by atoms with Crippen LogP contribution in [0, 0.1) is 0 Å². The van der Waals surface area contributed by atoms with Gasteiger partial charge in [0.2, 0.25) is 5.91 Å². The maximum absolute atomic E-state index is 12.3. The molecular formula is C18H23N3O2S. The number of methoxy groups -OCH3 is 1. The SMILES string of the molecule is COc1ccnc(N2CCN(C(=O)CCCc3cccs3)CC2)c1. The largest absolute Gasteiger partial charge is 0.497 e. The van der Waals surface area contributed by atoms with Gasteiger partial charge in [-0.3, -0.25) is 4.79 Å². The summed E-state index contributed by atoms with van der Waals surface area (Å²) in [5, 5.41) is 2.09. The standard InChI is InChI=1S/C18H23N3O2S/c1-23-15-7-8-19-17(14-15)20-9-11-21(12-10-20)18(22)6-2-4-16-5-3-13-24-16/h3,5,7-8,13-14H,2,4,6,9-12H2,1H3. The topological polar surface area (TPSA) is 45.7 Å². The average Bonchev–Trinajstić information content (AvgIpc) is 3.15. The monoisotopic (exact) mass is 345 g/mol. The van der Waals surface area contributed by atoms with Crippen molar-refractivity contribution in [2.24, 2.45) is 0 Å². The highest BCUT2D eigenvalue weighted by Crippen LogP contribution is 2.20. The number of piperazine rings is 1. The van der Waals surface area contributed by atoms with E-state index in [9.17, 15) is 4.79 Å². The van der Waals surface area contributed by atoms with Gasteiger partial charge in [-0.15, -0.1) is 11.3 Å². The van der Waals surface area contributed by atoms with Crippen LogP contribution in [0.5, 0.6) is 5.75 Å². The van der Waals surface area contributed by atoms with Gasteiger partial charge in [0.25, 0.3) is 0 Å². The van der Waals surface area contributed by atoms with Gasteiger partial charge in [-0.25, -0.2) is 4.98 Å². The number of nitrogens with zero attached hydrogens (tertiary/aromatic N) is 3. The first kappa shape index (κ1) is 16.8. The van der Waals surface area contributed by atoms with E-state index in [4.69, 9.17) is 4.74 Å². The zero-order valence-corrected chi connectivity index (χ0v) is 14.8. The predicted molar refractivity (Wildman–Crippen MR) is 96.8 cm³/mol. The van der Waals surface area contributed by atoms with Gasteiger partial charge in [-0.1, -0.05) is 6.07 Å². The van der Waals surface area contributed by atoms with Crippen LogP contribution in [0.4, 0.5) is 5.82 Å². The number of thiophene rings is 1. The fourth-order valence-electron chi connectivity index (χ4n) is 2.91. The van der Waals surface area contributed by atoms with Crippen molar-refractivity contribution in [3.63, 3.8) is 0 Å². The van der Waals surface area contributed by atoms with Gasteiger partial charge in [0.15, 0.2) is 0 Å². The Labute approximate surface area is 146 Å². The van der Waals surface area contributed by atoms with Crippen LogP contribution < -0.4 is 9.64 Å². The lowest BCUT2D eigenvalue weighted by Gasteiger charge is -2.35. The van der Waals surface area contributed by atoms with Crippen LogP contribution in [-0.4, -0.2) is 49.1 Å². The molecule has 1 saturated heterocycles. The van der Waals surface area contributed by atoms with E-state index in [0.717, 1.165) is 50.6 Å². The highest BCUT2D eigenvalue weighted by Gasteiger charge is 2.21. The number of amides is 1. The van der Waals surface area contributed by atoms with Gasteiger partial charge < -0.3 is 14.5 Å². The third-order valence-electron chi connectivity index (χ3n) is 4.30. The number of carbonyl (C=O) groups excluding carboxylic acids is 1. The lowest BCUT2D eigenvalue weighted by Crippen LogP contribution is -2.49. The van der Waals surface area contributed by atoms with Crippen LogP contribution in [0.2, 0.25) is 0 Å². The van der Waals surface area contributed by atoms with Crippen molar-refractivity contribution in [2.75, 3.05) is 38.2 Å². The molecule has 1 aliphatic rings. The normalized spacial score (nSPS) is 14.7. The summed E-state index contributed by atoms with van der Waals surface area (Å²) in [4.78, 5) is 22.3. The van der Waals surface area contributed by atoms with Crippen molar-refractivity contribution in [3.05, 3.63) is 40.7 Å². The summed E-state index contributed by atoms with van der Waals surface area (Å²) in [5.41, 5.74) is 0. The van der Waals surface area contributed by atoms with Gasteiger partial charge in [0.1, 0.15) is 11.6 Å². The summed E-state index contributed by atoms with van der Waals surface area (Å²) in [6.45, 7) is 3.15. The highest BCUT2D eigenvalue weighted by atomic mass is 32.1. The molecule has 3 heterocycles. The molecule has 2 aromatic rings. The van der Waals surface area contributed by atoms with Gasteiger partial charge >= 0.3 is 0 Å². The van der Waals surface area contributed by atoms with Gasteiger partial charge in [-0.05, 0) is 30.4 Å². The minimum Gasteiger partial charge on any atom is -0.497 e. The van der Waals surface area contributed by atoms with Crippen LogP contribution in [0.3, 0.4) is 0 Å². The first-order valence-electron chi connectivity index (χ1n) is 8.31. The van der Waals surface area contributed by atoms with E-state index >= 15 is 0 Å². The maximum Gasteiger partial charge on any atom is 0.222 e. The van der Waals surface area contributed by atoms with Crippen molar-refractivity contribution in [1.29, 1.82) is 0 Å². The van der Waals surface area contributed by atoms with Crippen LogP contribution >= 0.6 is 11.3 Å². The third-order valence-corrected chi connectivity index (χ3v) is 5.24. The molecule has 2 aromatic heterocycles. The Morgan fingerprint density at radius 1 is 1.29 bits per heavy atom. The Morgan fingerprint density at radius 3 is 2.83 bits per heavy atom. The Balaban J connectivity index is 1.44. The van der Waals surface area contributed by atoms with E-state index in [1.165, 1.54) is 4.88 Å². The molecule has 0 atom stereocenters. The van der Waals surface area contributed by atoms with Crippen molar-refractivity contribution < 1.29 is 9.53 Å². The minimum atomic E-state index is 0.268. The van der Waals surface area contributed by atoms with Crippen LogP contribution in [0.15, 0.2) is 35.8 Å². The zero-order chi connectivity index (χ0) is 16.8. The lowest BCUT2D eigenvalue weighted by atomic mass is 10.2. The molecule has 0 spiro atoms. The van der Waals surface area contributed by atoms with Crippen molar-refractivity contribution in [1.82, 2.24) is 9.88 Å². The molecule has 0 aromatic carbocycles. The van der Waals surface area contributed by atoms with Gasteiger partial charge in [0, 0.05) is 49.7 Å². The number of pyridine rings is 1. The summed E-state index contributed by atoms with van der Waals surface area (Å²) < 4.78 is 5.25. The molecule has 5 nitrogen and oxygen atoms in total. The molecule has 6 heteroatoms. The number of ether oxygens (including phenoxy) is 1. The smallest absolute Gasteiger partial charge is 0.222 e. The fraction of sp³-hybridized carbons (Fsp3) is 0.444. The molecule has 0 radical (unpaired) electrons. The van der Waals surface area contributed by atoms with E-state index in [-0.39, 0.29) is 5.91 Å². The van der Waals surface area contributed by atoms with Crippen molar-refractivity contribution in [2.45, 2.75) is 19.3 Å². The molecule has 0 saturated carbocycles. The number of hydrogen-bond donors (Lipinski definition) is 0. The van der Waals surface area contributed by atoms with Crippen molar-refractivity contribution in [3.8, 4) is 5.75 Å². The second-order valence-electron chi connectivity index (χ2n) is 5.85. The van der Waals surface area contributed by atoms with E-state index in [0.29, 0.717) is 6.42 Å². The quantitative estimate of drug-likeness (QED) is 0.808. The predicted octanol–water partition coefficient (Wildman–Crippen LogP) is 2.82. The van der Waals surface area contributed by atoms with E-state index in [1.54, 1.807) is 24.6 Å². The number of anilines is 1. The molecule has 0 unspecified atom stereocenters. The van der Waals surface area contributed by atoms with Crippen LogP contribution in [-0.2, 0) is 11.2 Å². The summed E-state index contributed by atoms with van der Waals surface area (Å²) >= 11 is 1.76. The number of hydrogen-bond acceptors (Lipinski definition) is 5. The number of rotatable bonds is 6. The Bertz CT molecular complexity index is 652. The summed E-state index contributed by atoms with van der Waals surface area (Å²) in [7, 11) is 1.66. The molecule has 0 N–H and O–H groups in total. The number of carbonyl (C=O) groups is 1. The molecule has 1 aliphatic heterocycles. The second kappa shape index (κ2) is 8.15. The summed E-state index contributed by atoms with van der Waals surface area (Å²) in [5.74, 6) is 2.00. The molecule has 3 rings (SSSR count). The summed E-state index contributed by atoms with van der Waals surface area (Å²) in [6.07, 6.45) is 4.32. The molecule has 0 bridgehead atoms. The van der Waals surface area contributed by atoms with Gasteiger partial charge in [0.05, 0.1) is 7.11 Å². The second-order valence-corrected chi connectivity index (χ2v) is 6.89. The van der Waals surface area contributed by atoms with Crippen LogP contribution in [0.25, 0.3) is 0 Å². The minimum absolute atomic E-state index is 0.268. The fourth-order valence-corrected chi connectivity index (χ4v) is 3.66. The van der Waals surface area contributed by atoms with E-state index in [2.05, 4.69) is 27.4 Å². The molecule has 128 valence electrons. The van der Waals surface area contributed by atoms with Crippen LogP contribution in [0.1, 0.15) is 17.7 Å². The molecule has 1 fully saturated rings. The maximum atomic E-state index is 12.3. The van der Waals surface area contributed by atoms with Crippen molar-refractivity contribution >= 4 is 23.1 Å². The van der Waals surface area contributed by atoms with E-state index < -0.39 is 0 Å². The lowest BCUT2D eigenvalue weighted by molar-refractivity contribution is -0.131. The first-order chi connectivity index (χ1) is 11.8. The zero-order valence-electron chi connectivity index (χ0n) is 14.0.